The molecule has 1 rings (SSSR count). The number of piperidine rings is 1. The summed E-state index contributed by atoms with van der Waals surface area (Å²) in [6.07, 6.45) is 3.72. The summed E-state index contributed by atoms with van der Waals surface area (Å²) in [5.74, 6) is 0.381. The fraction of sp³-hybridized carbons (Fsp3) is 0.867. The Morgan fingerprint density at radius 1 is 1.33 bits per heavy atom. The van der Waals surface area contributed by atoms with E-state index in [1.54, 1.807) is 4.90 Å². The summed E-state index contributed by atoms with van der Waals surface area (Å²) in [4.78, 5) is 24.9. The van der Waals surface area contributed by atoms with E-state index in [0.717, 1.165) is 25.7 Å². The van der Waals surface area contributed by atoms with Crippen molar-refractivity contribution in [2.75, 3.05) is 13.1 Å². The Morgan fingerprint density at radius 2 is 2.00 bits per heavy atom. The van der Waals surface area contributed by atoms with Crippen LogP contribution in [0.5, 0.6) is 0 Å². The molecule has 0 aromatic heterocycles. The first-order valence-corrected chi connectivity index (χ1v) is 7.75. The molecule has 6 heteroatoms. The van der Waals surface area contributed by atoms with Gasteiger partial charge in [-0.15, -0.1) is 0 Å². The average molecular weight is 299 g/mol. The predicted octanol–water partition coefficient (Wildman–Crippen LogP) is 2.47. The maximum atomic E-state index is 11.9. The van der Waals surface area contributed by atoms with Crippen LogP contribution in [-0.2, 0) is 4.74 Å². The van der Waals surface area contributed by atoms with Crippen molar-refractivity contribution in [2.24, 2.45) is 11.7 Å². The number of urea groups is 1. The van der Waals surface area contributed by atoms with Crippen molar-refractivity contribution in [3.63, 3.8) is 0 Å². The Kier molecular flexibility index (Phi) is 6.30. The van der Waals surface area contributed by atoms with Gasteiger partial charge in [-0.3, -0.25) is 0 Å². The molecule has 1 heterocycles. The number of carbonyl (C=O) groups is 2. The number of carbonyl (C=O) groups excluding carboxylic acids is 2. The van der Waals surface area contributed by atoms with Gasteiger partial charge in [0.05, 0.1) is 6.04 Å². The molecule has 0 aliphatic carbocycles. The highest BCUT2D eigenvalue weighted by Crippen LogP contribution is 2.22. The van der Waals surface area contributed by atoms with E-state index in [-0.39, 0.29) is 6.04 Å². The second-order valence-electron chi connectivity index (χ2n) is 6.83. The van der Waals surface area contributed by atoms with E-state index >= 15 is 0 Å². The van der Waals surface area contributed by atoms with E-state index in [1.807, 2.05) is 20.8 Å². The van der Waals surface area contributed by atoms with Crippen LogP contribution >= 0.6 is 0 Å². The number of nitrogens with one attached hydrogen (secondary N) is 1. The maximum Gasteiger partial charge on any atom is 0.407 e. The van der Waals surface area contributed by atoms with Crippen LogP contribution in [0.25, 0.3) is 0 Å². The van der Waals surface area contributed by atoms with Gasteiger partial charge in [0.15, 0.2) is 0 Å². The SMILES string of the molecule is CCCCC1CC(NC(=O)OC(C)(C)C)CN(C(N)=O)C1. The second kappa shape index (κ2) is 7.52. The van der Waals surface area contributed by atoms with Crippen LogP contribution in [0.15, 0.2) is 0 Å². The van der Waals surface area contributed by atoms with E-state index in [0.29, 0.717) is 19.0 Å². The summed E-state index contributed by atoms with van der Waals surface area (Å²) in [7, 11) is 0. The Labute approximate surface area is 127 Å². The van der Waals surface area contributed by atoms with Gasteiger partial charge in [-0.2, -0.15) is 0 Å². The number of ether oxygens (including phenoxy) is 1. The molecule has 1 saturated heterocycles. The first-order chi connectivity index (χ1) is 9.71. The zero-order valence-corrected chi connectivity index (χ0v) is 13.6. The number of hydrogen-bond donors (Lipinski definition) is 2. The minimum Gasteiger partial charge on any atom is -0.444 e. The molecule has 0 spiro atoms. The number of nitrogens with two attached hydrogens (primary N) is 1. The molecule has 1 aliphatic rings. The molecule has 0 radical (unpaired) electrons. The van der Waals surface area contributed by atoms with Crippen molar-refractivity contribution >= 4 is 12.1 Å². The second-order valence-corrected chi connectivity index (χ2v) is 6.83. The number of unbranched alkanes of at least 4 members (excludes halogenated alkanes) is 1. The molecular weight excluding hydrogens is 270 g/mol. The van der Waals surface area contributed by atoms with Gasteiger partial charge < -0.3 is 20.7 Å². The van der Waals surface area contributed by atoms with E-state index in [2.05, 4.69) is 12.2 Å². The van der Waals surface area contributed by atoms with Crippen LogP contribution in [0.3, 0.4) is 0 Å². The quantitative estimate of drug-likeness (QED) is 0.836. The number of rotatable bonds is 4. The predicted molar refractivity (Wildman–Crippen MR) is 81.9 cm³/mol. The van der Waals surface area contributed by atoms with Crippen molar-refractivity contribution in [1.82, 2.24) is 10.2 Å². The highest BCUT2D eigenvalue weighted by Gasteiger charge is 2.30. The van der Waals surface area contributed by atoms with Crippen molar-refractivity contribution in [3.05, 3.63) is 0 Å². The fourth-order valence-corrected chi connectivity index (χ4v) is 2.66. The summed E-state index contributed by atoms with van der Waals surface area (Å²) in [6, 6.07) is -0.518. The highest BCUT2D eigenvalue weighted by molar-refractivity contribution is 5.72. The molecule has 21 heavy (non-hydrogen) atoms. The third kappa shape index (κ3) is 6.69. The molecule has 122 valence electrons. The van der Waals surface area contributed by atoms with Gasteiger partial charge in [-0.1, -0.05) is 19.8 Å². The van der Waals surface area contributed by atoms with Gasteiger partial charge in [0.25, 0.3) is 0 Å². The van der Waals surface area contributed by atoms with Gasteiger partial charge in [0, 0.05) is 13.1 Å². The first kappa shape index (κ1) is 17.6. The lowest BCUT2D eigenvalue weighted by Gasteiger charge is -2.37. The number of hydrogen-bond acceptors (Lipinski definition) is 3. The van der Waals surface area contributed by atoms with Gasteiger partial charge >= 0.3 is 12.1 Å². The summed E-state index contributed by atoms with van der Waals surface area (Å²) in [5.41, 5.74) is 4.87. The molecular formula is C15H29N3O3. The molecule has 6 nitrogen and oxygen atoms in total. The lowest BCUT2D eigenvalue weighted by atomic mass is 9.90. The number of nitrogens with zero attached hydrogens (tertiary/aromatic N) is 1. The normalized spacial score (nSPS) is 22.8. The van der Waals surface area contributed by atoms with E-state index in [4.69, 9.17) is 10.5 Å². The molecule has 2 atom stereocenters. The molecule has 0 aromatic rings. The standard InChI is InChI=1S/C15H29N3O3/c1-5-6-7-11-8-12(10-18(9-11)13(16)19)17-14(20)21-15(2,3)4/h11-12H,5-10H2,1-4H3,(H2,16,19)(H,17,20). The van der Waals surface area contributed by atoms with Crippen LogP contribution < -0.4 is 11.1 Å². The smallest absolute Gasteiger partial charge is 0.407 e. The molecule has 0 bridgehead atoms. The average Bonchev–Trinajstić information content (AvgIpc) is 2.33. The summed E-state index contributed by atoms with van der Waals surface area (Å²) >= 11 is 0. The Balaban J connectivity index is 2.58. The lowest BCUT2D eigenvalue weighted by molar-refractivity contribution is 0.0461. The van der Waals surface area contributed by atoms with Gasteiger partial charge in [0.2, 0.25) is 0 Å². The highest BCUT2D eigenvalue weighted by atomic mass is 16.6. The molecule has 0 saturated carbocycles. The monoisotopic (exact) mass is 299 g/mol. The van der Waals surface area contributed by atoms with Crippen LogP contribution in [0, 0.1) is 5.92 Å². The summed E-state index contributed by atoms with van der Waals surface area (Å²) in [5, 5.41) is 2.86. The van der Waals surface area contributed by atoms with Crippen molar-refractivity contribution in [3.8, 4) is 0 Å². The number of primary amides is 1. The lowest BCUT2D eigenvalue weighted by Crippen LogP contribution is -2.54. The topological polar surface area (TPSA) is 84.7 Å². The van der Waals surface area contributed by atoms with Crippen molar-refractivity contribution in [1.29, 1.82) is 0 Å². The van der Waals surface area contributed by atoms with Gasteiger partial charge in [-0.25, -0.2) is 9.59 Å². The maximum absolute atomic E-state index is 11.9. The van der Waals surface area contributed by atoms with Crippen LogP contribution in [-0.4, -0.2) is 41.8 Å². The Hall–Kier alpha value is -1.46. The molecule has 3 amide bonds. The summed E-state index contributed by atoms with van der Waals surface area (Å²) in [6.45, 7) is 8.76. The van der Waals surface area contributed by atoms with E-state index in [1.165, 1.54) is 0 Å². The summed E-state index contributed by atoms with van der Waals surface area (Å²) < 4.78 is 5.27. The van der Waals surface area contributed by atoms with Gasteiger partial charge in [0.1, 0.15) is 5.60 Å². The number of amides is 3. The van der Waals surface area contributed by atoms with E-state index < -0.39 is 17.7 Å². The number of likely N-dealkylation sites (tertiary alicyclic amines) is 1. The molecule has 3 N–H and O–H groups in total. The van der Waals surface area contributed by atoms with Crippen molar-refractivity contribution < 1.29 is 14.3 Å². The molecule has 2 unspecified atom stereocenters. The number of alkyl carbamates (subject to hydrolysis) is 1. The Morgan fingerprint density at radius 3 is 2.52 bits per heavy atom. The van der Waals surface area contributed by atoms with Crippen LogP contribution in [0.4, 0.5) is 9.59 Å². The van der Waals surface area contributed by atoms with E-state index in [9.17, 15) is 9.59 Å². The third-order valence-electron chi connectivity index (χ3n) is 3.54. The largest absolute Gasteiger partial charge is 0.444 e. The molecule has 1 aliphatic heterocycles. The zero-order valence-electron chi connectivity index (χ0n) is 13.6. The minimum atomic E-state index is -0.524. The van der Waals surface area contributed by atoms with Crippen LogP contribution in [0.1, 0.15) is 53.4 Å². The fourth-order valence-electron chi connectivity index (χ4n) is 2.66. The zero-order chi connectivity index (χ0) is 16.0. The Bertz CT molecular complexity index is 366. The third-order valence-corrected chi connectivity index (χ3v) is 3.54. The van der Waals surface area contributed by atoms with Crippen LogP contribution in [0.2, 0.25) is 0 Å². The molecule has 0 aromatic carbocycles. The van der Waals surface area contributed by atoms with Gasteiger partial charge in [-0.05, 0) is 39.5 Å². The molecule has 1 fully saturated rings. The first-order valence-electron chi connectivity index (χ1n) is 7.75. The minimum absolute atomic E-state index is 0.0945. The van der Waals surface area contributed by atoms with Crippen molar-refractivity contribution in [2.45, 2.75) is 65.0 Å².